The summed E-state index contributed by atoms with van der Waals surface area (Å²) in [7, 11) is 1.74. The predicted molar refractivity (Wildman–Crippen MR) is 70.0 cm³/mol. The fourth-order valence-corrected chi connectivity index (χ4v) is 1.86. The molecule has 1 fully saturated rings. The molecule has 0 amide bonds. The van der Waals surface area contributed by atoms with Crippen molar-refractivity contribution < 1.29 is 13.5 Å². The quantitative estimate of drug-likeness (QED) is 0.929. The van der Waals surface area contributed by atoms with E-state index in [1.807, 2.05) is 0 Å². The van der Waals surface area contributed by atoms with Crippen LogP contribution in [0.1, 0.15) is 24.6 Å². The molecule has 1 saturated carbocycles. The van der Waals surface area contributed by atoms with Gasteiger partial charge in [-0.2, -0.15) is 4.98 Å². The van der Waals surface area contributed by atoms with Gasteiger partial charge in [0.15, 0.2) is 0 Å². The van der Waals surface area contributed by atoms with E-state index in [2.05, 4.69) is 15.3 Å². The minimum absolute atomic E-state index is 0.0741. The van der Waals surface area contributed by atoms with Crippen molar-refractivity contribution in [3.8, 4) is 11.6 Å². The van der Waals surface area contributed by atoms with Crippen LogP contribution in [0.4, 0.5) is 14.6 Å². The van der Waals surface area contributed by atoms with E-state index in [4.69, 9.17) is 4.74 Å². The highest BCUT2D eigenvalue weighted by molar-refractivity contribution is 5.40. The van der Waals surface area contributed by atoms with Crippen LogP contribution in [0.3, 0.4) is 0 Å². The van der Waals surface area contributed by atoms with Gasteiger partial charge in [0.2, 0.25) is 5.88 Å². The van der Waals surface area contributed by atoms with Gasteiger partial charge < -0.3 is 10.1 Å². The van der Waals surface area contributed by atoms with E-state index in [0.29, 0.717) is 17.6 Å². The minimum Gasteiger partial charge on any atom is -0.439 e. The summed E-state index contributed by atoms with van der Waals surface area (Å²) in [5.41, 5.74) is 0. The van der Waals surface area contributed by atoms with Gasteiger partial charge in [-0.25, -0.2) is 13.8 Å². The third-order valence-corrected chi connectivity index (χ3v) is 2.98. The van der Waals surface area contributed by atoms with E-state index >= 15 is 0 Å². The topological polar surface area (TPSA) is 47.0 Å². The smallest absolute Gasteiger partial charge is 0.224 e. The first-order valence-electron chi connectivity index (χ1n) is 6.35. The molecular formula is C14H13F2N3O. The van der Waals surface area contributed by atoms with Crippen LogP contribution in [0.2, 0.25) is 0 Å². The molecule has 1 aromatic heterocycles. The SMILES string of the molecule is CNc1cc(Oc2cc(F)cc(F)c2)nc(C2CC2)n1. The second-order valence-electron chi connectivity index (χ2n) is 4.68. The zero-order chi connectivity index (χ0) is 14.1. The fourth-order valence-electron chi connectivity index (χ4n) is 1.86. The molecule has 1 aliphatic rings. The Morgan fingerprint density at radius 3 is 2.40 bits per heavy atom. The lowest BCUT2D eigenvalue weighted by Gasteiger charge is -2.09. The van der Waals surface area contributed by atoms with Crippen molar-refractivity contribution in [2.75, 3.05) is 12.4 Å². The summed E-state index contributed by atoms with van der Waals surface area (Å²) in [5.74, 6) is 0.643. The Balaban J connectivity index is 1.90. The summed E-state index contributed by atoms with van der Waals surface area (Å²) in [5, 5.41) is 2.92. The maximum atomic E-state index is 13.1. The number of ether oxygens (including phenoxy) is 1. The van der Waals surface area contributed by atoms with Crippen molar-refractivity contribution in [1.82, 2.24) is 9.97 Å². The van der Waals surface area contributed by atoms with Gasteiger partial charge in [0, 0.05) is 37.2 Å². The summed E-state index contributed by atoms with van der Waals surface area (Å²) in [6.45, 7) is 0. The Bertz CT molecular complexity index is 624. The molecular weight excluding hydrogens is 264 g/mol. The molecule has 1 N–H and O–H groups in total. The van der Waals surface area contributed by atoms with Gasteiger partial charge in [-0.05, 0) is 12.8 Å². The Morgan fingerprint density at radius 2 is 1.80 bits per heavy atom. The predicted octanol–water partition coefficient (Wildman–Crippen LogP) is 3.47. The van der Waals surface area contributed by atoms with E-state index in [1.165, 1.54) is 0 Å². The lowest BCUT2D eigenvalue weighted by atomic mass is 10.3. The Labute approximate surface area is 114 Å². The molecule has 2 aromatic rings. The number of anilines is 1. The average molecular weight is 277 g/mol. The van der Waals surface area contributed by atoms with Crippen LogP contribution in [0.25, 0.3) is 0 Å². The monoisotopic (exact) mass is 277 g/mol. The molecule has 20 heavy (non-hydrogen) atoms. The van der Waals surface area contributed by atoms with Gasteiger partial charge in [-0.3, -0.25) is 0 Å². The van der Waals surface area contributed by atoms with Crippen LogP contribution >= 0.6 is 0 Å². The molecule has 1 heterocycles. The number of halogens is 2. The van der Waals surface area contributed by atoms with Crippen molar-refractivity contribution in [3.63, 3.8) is 0 Å². The number of nitrogens with one attached hydrogen (secondary N) is 1. The van der Waals surface area contributed by atoms with E-state index in [-0.39, 0.29) is 11.6 Å². The number of hydrogen-bond donors (Lipinski definition) is 1. The molecule has 0 unspecified atom stereocenters. The van der Waals surface area contributed by atoms with Gasteiger partial charge in [-0.15, -0.1) is 0 Å². The summed E-state index contributed by atoms with van der Waals surface area (Å²) < 4.78 is 31.7. The van der Waals surface area contributed by atoms with Crippen LogP contribution in [0, 0.1) is 11.6 Å². The molecule has 0 saturated heterocycles. The molecule has 1 aliphatic carbocycles. The Hall–Kier alpha value is -2.24. The van der Waals surface area contributed by atoms with Gasteiger partial charge in [0.1, 0.15) is 29.0 Å². The van der Waals surface area contributed by atoms with Crippen molar-refractivity contribution in [2.24, 2.45) is 0 Å². The largest absolute Gasteiger partial charge is 0.439 e. The van der Waals surface area contributed by atoms with Crippen LogP contribution in [-0.2, 0) is 0 Å². The number of nitrogens with zero attached hydrogens (tertiary/aromatic N) is 2. The first-order chi connectivity index (χ1) is 9.64. The number of benzene rings is 1. The van der Waals surface area contributed by atoms with E-state index in [0.717, 1.165) is 31.0 Å². The molecule has 0 aliphatic heterocycles. The maximum absolute atomic E-state index is 13.1. The normalized spacial score (nSPS) is 14.2. The molecule has 0 spiro atoms. The van der Waals surface area contributed by atoms with E-state index in [9.17, 15) is 8.78 Å². The third-order valence-electron chi connectivity index (χ3n) is 2.98. The summed E-state index contributed by atoms with van der Waals surface area (Å²) in [4.78, 5) is 8.62. The summed E-state index contributed by atoms with van der Waals surface area (Å²) in [6, 6.07) is 4.61. The van der Waals surface area contributed by atoms with Crippen LogP contribution in [0.15, 0.2) is 24.3 Å². The molecule has 104 valence electrons. The van der Waals surface area contributed by atoms with Gasteiger partial charge in [0.25, 0.3) is 0 Å². The molecule has 0 radical (unpaired) electrons. The number of hydrogen-bond acceptors (Lipinski definition) is 4. The van der Waals surface area contributed by atoms with Crippen molar-refractivity contribution in [3.05, 3.63) is 41.7 Å². The maximum Gasteiger partial charge on any atom is 0.224 e. The zero-order valence-corrected chi connectivity index (χ0v) is 10.9. The second-order valence-corrected chi connectivity index (χ2v) is 4.68. The van der Waals surface area contributed by atoms with Crippen molar-refractivity contribution in [1.29, 1.82) is 0 Å². The third kappa shape index (κ3) is 2.84. The highest BCUT2D eigenvalue weighted by Gasteiger charge is 2.27. The van der Waals surface area contributed by atoms with Crippen LogP contribution in [0.5, 0.6) is 11.6 Å². The molecule has 4 nitrogen and oxygen atoms in total. The highest BCUT2D eigenvalue weighted by Crippen LogP contribution is 2.39. The van der Waals surface area contributed by atoms with E-state index < -0.39 is 11.6 Å². The Morgan fingerprint density at radius 1 is 1.10 bits per heavy atom. The first-order valence-corrected chi connectivity index (χ1v) is 6.35. The fraction of sp³-hybridized carbons (Fsp3) is 0.286. The first kappa shape index (κ1) is 12.8. The van der Waals surface area contributed by atoms with Gasteiger partial charge in [-0.1, -0.05) is 0 Å². The minimum atomic E-state index is -0.690. The van der Waals surface area contributed by atoms with Crippen LogP contribution in [-0.4, -0.2) is 17.0 Å². The molecule has 0 bridgehead atoms. The lowest BCUT2D eigenvalue weighted by Crippen LogP contribution is -2.01. The highest BCUT2D eigenvalue weighted by atomic mass is 19.1. The summed E-state index contributed by atoms with van der Waals surface area (Å²) in [6.07, 6.45) is 2.11. The van der Waals surface area contributed by atoms with Crippen molar-refractivity contribution >= 4 is 5.82 Å². The molecule has 3 rings (SSSR count). The molecule has 0 atom stereocenters. The number of aromatic nitrogens is 2. The molecule has 6 heteroatoms. The van der Waals surface area contributed by atoms with Crippen LogP contribution < -0.4 is 10.1 Å². The zero-order valence-electron chi connectivity index (χ0n) is 10.9. The van der Waals surface area contributed by atoms with Gasteiger partial charge in [0.05, 0.1) is 0 Å². The second kappa shape index (κ2) is 5.03. The van der Waals surface area contributed by atoms with Crippen molar-refractivity contribution in [2.45, 2.75) is 18.8 Å². The van der Waals surface area contributed by atoms with E-state index in [1.54, 1.807) is 13.1 Å². The number of rotatable bonds is 4. The van der Waals surface area contributed by atoms with Gasteiger partial charge >= 0.3 is 0 Å². The Kier molecular flexibility index (Phi) is 3.22. The lowest BCUT2D eigenvalue weighted by molar-refractivity contribution is 0.448. The molecule has 1 aromatic carbocycles. The standard InChI is InChI=1S/C14H13F2N3O/c1-17-12-7-13(19-14(18-12)8-2-3-8)20-11-5-9(15)4-10(16)6-11/h4-8H,2-3H2,1H3,(H,17,18,19). The average Bonchev–Trinajstić information content (AvgIpc) is 3.21. The summed E-state index contributed by atoms with van der Waals surface area (Å²) >= 11 is 0.